The van der Waals surface area contributed by atoms with Crippen LogP contribution in [0.15, 0.2) is 24.3 Å². The molecule has 3 rings (SSSR count). The summed E-state index contributed by atoms with van der Waals surface area (Å²) in [5.74, 6) is 0. The molecule has 1 amide bonds. The molecule has 29 heavy (non-hydrogen) atoms. The second-order valence-corrected chi connectivity index (χ2v) is 9.17. The van der Waals surface area contributed by atoms with Gasteiger partial charge in [0.15, 0.2) is 0 Å². The number of ether oxygens (including phenoxy) is 3. The van der Waals surface area contributed by atoms with Crippen LogP contribution in [0.5, 0.6) is 0 Å². The summed E-state index contributed by atoms with van der Waals surface area (Å²) in [7, 11) is 0. The molecule has 4 atom stereocenters. The van der Waals surface area contributed by atoms with Gasteiger partial charge in [-0.25, -0.2) is 4.79 Å². The third-order valence-corrected chi connectivity index (χ3v) is 5.57. The van der Waals surface area contributed by atoms with E-state index in [9.17, 15) is 4.79 Å². The minimum absolute atomic E-state index is 0.0165. The maximum absolute atomic E-state index is 12.2. The molecule has 0 radical (unpaired) electrons. The fourth-order valence-electron chi connectivity index (χ4n) is 4.05. The first kappa shape index (κ1) is 22.1. The normalized spacial score (nSPS) is 28.0. The number of rotatable bonds is 5. The molecule has 2 saturated heterocycles. The van der Waals surface area contributed by atoms with Crippen LogP contribution >= 0.6 is 0 Å². The highest BCUT2D eigenvalue weighted by atomic mass is 16.6. The zero-order valence-corrected chi connectivity index (χ0v) is 18.2. The lowest BCUT2D eigenvalue weighted by Crippen LogP contribution is -2.56. The Morgan fingerprint density at radius 3 is 2.72 bits per heavy atom. The second kappa shape index (κ2) is 9.92. The van der Waals surface area contributed by atoms with Crippen molar-refractivity contribution in [2.24, 2.45) is 0 Å². The molecule has 2 unspecified atom stereocenters. The molecule has 2 N–H and O–H groups in total. The maximum Gasteiger partial charge on any atom is 0.407 e. The summed E-state index contributed by atoms with van der Waals surface area (Å²) in [6.45, 7) is 9.86. The van der Waals surface area contributed by atoms with Crippen LogP contribution in [0.3, 0.4) is 0 Å². The van der Waals surface area contributed by atoms with Gasteiger partial charge in [-0.3, -0.25) is 0 Å². The van der Waals surface area contributed by atoms with Gasteiger partial charge in [0.2, 0.25) is 0 Å². The second-order valence-electron chi connectivity index (χ2n) is 9.17. The Morgan fingerprint density at radius 2 is 2.03 bits per heavy atom. The number of aryl methyl sites for hydroxylation is 1. The number of amides is 1. The molecule has 1 aromatic rings. The van der Waals surface area contributed by atoms with E-state index in [0.29, 0.717) is 13.2 Å². The van der Waals surface area contributed by atoms with Crippen molar-refractivity contribution in [1.29, 1.82) is 0 Å². The van der Waals surface area contributed by atoms with Crippen molar-refractivity contribution in [2.45, 2.75) is 83.3 Å². The lowest BCUT2D eigenvalue weighted by molar-refractivity contribution is -0.0928. The van der Waals surface area contributed by atoms with E-state index in [1.165, 1.54) is 11.1 Å². The summed E-state index contributed by atoms with van der Waals surface area (Å²) in [5.41, 5.74) is 2.06. The summed E-state index contributed by atoms with van der Waals surface area (Å²) in [4.78, 5) is 12.2. The highest BCUT2D eigenvalue weighted by Crippen LogP contribution is 2.31. The van der Waals surface area contributed by atoms with Gasteiger partial charge in [0.25, 0.3) is 0 Å². The summed E-state index contributed by atoms with van der Waals surface area (Å²) >= 11 is 0. The van der Waals surface area contributed by atoms with Crippen LogP contribution in [0.25, 0.3) is 0 Å². The van der Waals surface area contributed by atoms with Crippen molar-refractivity contribution in [3.05, 3.63) is 35.4 Å². The van der Waals surface area contributed by atoms with E-state index in [1.54, 1.807) is 0 Å². The Hall–Kier alpha value is -1.63. The number of carbonyl (C=O) groups is 1. The van der Waals surface area contributed by atoms with E-state index in [1.807, 2.05) is 20.8 Å². The zero-order chi connectivity index (χ0) is 20.9. The largest absolute Gasteiger partial charge is 0.444 e. The first-order valence-electron chi connectivity index (χ1n) is 10.8. The maximum atomic E-state index is 12.2. The van der Waals surface area contributed by atoms with Crippen molar-refractivity contribution in [3.8, 4) is 0 Å². The molecule has 2 heterocycles. The first-order chi connectivity index (χ1) is 13.8. The number of alkyl carbamates (subject to hydrolysis) is 1. The Bertz CT molecular complexity index is 665. The monoisotopic (exact) mass is 404 g/mol. The van der Waals surface area contributed by atoms with Crippen LogP contribution in [0.1, 0.15) is 63.7 Å². The van der Waals surface area contributed by atoms with Crippen LogP contribution in [0.2, 0.25) is 0 Å². The van der Waals surface area contributed by atoms with E-state index >= 15 is 0 Å². The van der Waals surface area contributed by atoms with Gasteiger partial charge >= 0.3 is 6.09 Å². The molecule has 2 aliphatic heterocycles. The Balaban J connectivity index is 1.45. The summed E-state index contributed by atoms with van der Waals surface area (Å²) in [6, 6.07) is 8.52. The summed E-state index contributed by atoms with van der Waals surface area (Å²) < 4.78 is 17.7. The van der Waals surface area contributed by atoms with Gasteiger partial charge in [-0.15, -0.1) is 0 Å². The van der Waals surface area contributed by atoms with Crippen LogP contribution < -0.4 is 10.6 Å². The molecule has 2 fully saturated rings. The predicted molar refractivity (Wildman–Crippen MR) is 113 cm³/mol. The third kappa shape index (κ3) is 6.69. The fourth-order valence-corrected chi connectivity index (χ4v) is 4.05. The molecule has 162 valence electrons. The topological polar surface area (TPSA) is 68.8 Å². The van der Waals surface area contributed by atoms with Gasteiger partial charge in [0.1, 0.15) is 5.60 Å². The molecule has 0 bridgehead atoms. The van der Waals surface area contributed by atoms with E-state index in [0.717, 1.165) is 32.2 Å². The molecule has 0 spiro atoms. The molecule has 0 aromatic heterocycles. The number of nitrogens with one attached hydrogen (secondary N) is 2. The number of piperidine rings is 1. The van der Waals surface area contributed by atoms with E-state index in [2.05, 4.69) is 41.8 Å². The fraction of sp³-hybridized carbons (Fsp3) is 0.696. The molecule has 6 heteroatoms. The highest BCUT2D eigenvalue weighted by Gasteiger charge is 2.30. The van der Waals surface area contributed by atoms with E-state index in [4.69, 9.17) is 14.2 Å². The van der Waals surface area contributed by atoms with Gasteiger partial charge in [-0.1, -0.05) is 24.3 Å². The number of benzene rings is 1. The molecule has 2 aliphatic rings. The standard InChI is InChI=1S/C23H36N2O4/c1-16-8-5-6-9-18(16)21-12-11-17(14-28-21)27-15-20-19(10-7-13-24-20)25-22(26)29-23(2,3)4/h5-6,8-9,17,19-21,24H,7,10-15H2,1-4H3,(H,25,26)/t17-,19?,20?,21-/m1/s1. The number of carbonyl (C=O) groups excluding carboxylic acids is 1. The molecule has 0 aliphatic carbocycles. The number of hydrogen-bond donors (Lipinski definition) is 2. The summed E-state index contributed by atoms with van der Waals surface area (Å²) in [5, 5.41) is 6.50. The smallest absolute Gasteiger partial charge is 0.407 e. The number of hydrogen-bond acceptors (Lipinski definition) is 5. The predicted octanol–water partition coefficient (Wildman–Crippen LogP) is 3.88. The molecular weight excluding hydrogens is 368 g/mol. The quantitative estimate of drug-likeness (QED) is 0.780. The molecule has 1 aromatic carbocycles. The van der Waals surface area contributed by atoms with E-state index < -0.39 is 5.60 Å². The van der Waals surface area contributed by atoms with Crippen molar-refractivity contribution in [2.75, 3.05) is 19.8 Å². The highest BCUT2D eigenvalue weighted by molar-refractivity contribution is 5.68. The van der Waals surface area contributed by atoms with E-state index in [-0.39, 0.29) is 30.4 Å². The third-order valence-electron chi connectivity index (χ3n) is 5.57. The van der Waals surface area contributed by atoms with Crippen LogP contribution in [0, 0.1) is 6.92 Å². The molecular formula is C23H36N2O4. The van der Waals surface area contributed by atoms with Crippen molar-refractivity contribution < 1.29 is 19.0 Å². The zero-order valence-electron chi connectivity index (χ0n) is 18.2. The van der Waals surface area contributed by atoms with Crippen molar-refractivity contribution in [1.82, 2.24) is 10.6 Å². The SMILES string of the molecule is Cc1ccccc1[C@H]1CC[C@@H](OCC2NCCCC2NC(=O)OC(C)(C)C)CO1. The molecule has 0 saturated carbocycles. The lowest BCUT2D eigenvalue weighted by Gasteiger charge is -2.36. The minimum atomic E-state index is -0.495. The lowest BCUT2D eigenvalue weighted by atomic mass is 9.96. The Morgan fingerprint density at radius 1 is 1.24 bits per heavy atom. The Labute approximate surface area is 174 Å². The van der Waals surface area contributed by atoms with Crippen molar-refractivity contribution >= 4 is 6.09 Å². The van der Waals surface area contributed by atoms with Gasteiger partial charge in [0.05, 0.1) is 31.5 Å². The minimum Gasteiger partial charge on any atom is -0.444 e. The average Bonchev–Trinajstić information content (AvgIpc) is 2.67. The molecule has 6 nitrogen and oxygen atoms in total. The Kier molecular flexibility index (Phi) is 7.55. The van der Waals surface area contributed by atoms with Gasteiger partial charge < -0.3 is 24.8 Å². The van der Waals surface area contributed by atoms with Crippen molar-refractivity contribution in [3.63, 3.8) is 0 Å². The van der Waals surface area contributed by atoms with Crippen LogP contribution in [-0.4, -0.2) is 49.6 Å². The first-order valence-corrected chi connectivity index (χ1v) is 10.8. The van der Waals surface area contributed by atoms with Gasteiger partial charge in [-0.05, 0) is 71.0 Å². The van der Waals surface area contributed by atoms with Crippen LogP contribution in [0.4, 0.5) is 4.79 Å². The van der Waals surface area contributed by atoms with Gasteiger partial charge in [-0.2, -0.15) is 0 Å². The summed E-state index contributed by atoms with van der Waals surface area (Å²) in [6.07, 6.45) is 3.80. The van der Waals surface area contributed by atoms with Gasteiger partial charge in [0, 0.05) is 6.04 Å². The average molecular weight is 405 g/mol. The van der Waals surface area contributed by atoms with Crippen LogP contribution in [-0.2, 0) is 14.2 Å².